The SMILES string of the molecule is O=C(Nc1ccccc1Cc1ccc(OC(F)(F)F)cc1)c1ccncc1. The maximum absolute atomic E-state index is 12.3. The minimum Gasteiger partial charge on any atom is -0.406 e. The molecule has 0 aliphatic carbocycles. The number of amides is 1. The van der Waals surface area contributed by atoms with Gasteiger partial charge in [-0.1, -0.05) is 30.3 Å². The molecule has 1 aromatic heterocycles. The lowest BCUT2D eigenvalue weighted by atomic mass is 10.0. The summed E-state index contributed by atoms with van der Waals surface area (Å²) in [5.74, 6) is -0.538. The van der Waals surface area contributed by atoms with Gasteiger partial charge in [-0.2, -0.15) is 0 Å². The number of ether oxygens (including phenoxy) is 1. The third kappa shape index (κ3) is 5.31. The second kappa shape index (κ2) is 7.90. The minimum absolute atomic E-state index is 0.265. The average molecular weight is 372 g/mol. The highest BCUT2D eigenvalue weighted by molar-refractivity contribution is 6.04. The standard InChI is InChI=1S/C20H15F3N2O2/c21-20(22,23)27-17-7-5-14(6-8-17)13-16-3-1-2-4-18(16)25-19(26)15-9-11-24-12-10-15/h1-12H,13H2,(H,25,26). The third-order valence-corrected chi connectivity index (χ3v) is 3.76. The first kappa shape index (κ1) is 18.4. The molecule has 0 saturated heterocycles. The van der Waals surface area contributed by atoms with Gasteiger partial charge in [0.2, 0.25) is 0 Å². The minimum atomic E-state index is -4.72. The van der Waals surface area contributed by atoms with Crippen LogP contribution in [0.1, 0.15) is 21.5 Å². The van der Waals surface area contributed by atoms with Crippen molar-refractivity contribution in [3.8, 4) is 5.75 Å². The number of carbonyl (C=O) groups is 1. The third-order valence-electron chi connectivity index (χ3n) is 3.76. The number of benzene rings is 2. The van der Waals surface area contributed by atoms with E-state index < -0.39 is 6.36 Å². The summed E-state index contributed by atoms with van der Waals surface area (Å²) in [4.78, 5) is 16.2. The summed E-state index contributed by atoms with van der Waals surface area (Å²) >= 11 is 0. The molecule has 3 rings (SSSR count). The zero-order valence-corrected chi connectivity index (χ0v) is 14.0. The second-order valence-electron chi connectivity index (χ2n) is 5.72. The van der Waals surface area contributed by atoms with Crippen molar-refractivity contribution >= 4 is 11.6 Å². The summed E-state index contributed by atoms with van der Waals surface area (Å²) in [7, 11) is 0. The normalized spacial score (nSPS) is 11.1. The van der Waals surface area contributed by atoms with Gasteiger partial charge in [0.05, 0.1) is 0 Å². The topological polar surface area (TPSA) is 51.2 Å². The van der Waals surface area contributed by atoms with Crippen LogP contribution in [0.5, 0.6) is 5.75 Å². The molecule has 138 valence electrons. The van der Waals surface area contributed by atoms with Crippen molar-refractivity contribution in [1.82, 2.24) is 4.98 Å². The fourth-order valence-electron chi connectivity index (χ4n) is 2.52. The van der Waals surface area contributed by atoms with E-state index >= 15 is 0 Å². The van der Waals surface area contributed by atoms with Crippen molar-refractivity contribution in [2.45, 2.75) is 12.8 Å². The molecule has 0 aliphatic rings. The van der Waals surface area contributed by atoms with E-state index in [2.05, 4.69) is 15.0 Å². The number of pyridine rings is 1. The van der Waals surface area contributed by atoms with Crippen molar-refractivity contribution in [1.29, 1.82) is 0 Å². The fraction of sp³-hybridized carbons (Fsp3) is 0.100. The Hall–Kier alpha value is -3.35. The number of aromatic nitrogens is 1. The molecule has 1 amide bonds. The van der Waals surface area contributed by atoms with E-state index in [9.17, 15) is 18.0 Å². The number of carbonyl (C=O) groups excluding carboxylic acids is 1. The van der Waals surface area contributed by atoms with Crippen LogP contribution in [0.3, 0.4) is 0 Å². The fourth-order valence-corrected chi connectivity index (χ4v) is 2.52. The number of halogens is 3. The van der Waals surface area contributed by atoms with E-state index in [0.29, 0.717) is 17.7 Å². The number of alkyl halides is 3. The first-order chi connectivity index (χ1) is 12.9. The molecule has 3 aromatic rings. The van der Waals surface area contributed by atoms with Gasteiger partial charge in [-0.3, -0.25) is 9.78 Å². The molecule has 2 aromatic carbocycles. The molecule has 0 atom stereocenters. The zero-order chi connectivity index (χ0) is 19.3. The monoisotopic (exact) mass is 372 g/mol. The van der Waals surface area contributed by atoms with Crippen molar-refractivity contribution in [3.05, 3.63) is 89.7 Å². The average Bonchev–Trinajstić information content (AvgIpc) is 2.64. The van der Waals surface area contributed by atoms with E-state index in [4.69, 9.17) is 0 Å². The Bertz CT molecular complexity index is 911. The maximum Gasteiger partial charge on any atom is 0.573 e. The van der Waals surface area contributed by atoms with Crippen molar-refractivity contribution < 1.29 is 22.7 Å². The van der Waals surface area contributed by atoms with E-state index in [1.807, 2.05) is 12.1 Å². The molecule has 0 fully saturated rings. The Balaban J connectivity index is 1.73. The highest BCUT2D eigenvalue weighted by atomic mass is 19.4. The lowest BCUT2D eigenvalue weighted by Crippen LogP contribution is -2.17. The van der Waals surface area contributed by atoms with Gasteiger partial charge in [-0.15, -0.1) is 13.2 Å². The van der Waals surface area contributed by atoms with Gasteiger partial charge in [-0.05, 0) is 47.9 Å². The summed E-state index contributed by atoms with van der Waals surface area (Å²) in [5.41, 5.74) is 2.74. The zero-order valence-electron chi connectivity index (χ0n) is 14.0. The first-order valence-electron chi connectivity index (χ1n) is 8.05. The van der Waals surface area contributed by atoms with E-state index in [1.54, 1.807) is 36.4 Å². The number of hydrogen-bond donors (Lipinski definition) is 1. The van der Waals surface area contributed by atoms with Gasteiger partial charge in [0.1, 0.15) is 5.75 Å². The molecular formula is C20H15F3N2O2. The Morgan fingerprint density at radius 2 is 1.63 bits per heavy atom. The summed E-state index contributed by atoms with van der Waals surface area (Å²) in [6.07, 6.45) is -1.21. The smallest absolute Gasteiger partial charge is 0.406 e. The van der Waals surface area contributed by atoms with Gasteiger partial charge in [0, 0.05) is 23.6 Å². The number of rotatable bonds is 5. The molecule has 0 radical (unpaired) electrons. The second-order valence-corrected chi connectivity index (χ2v) is 5.72. The number of para-hydroxylation sites is 1. The number of nitrogens with zero attached hydrogens (tertiary/aromatic N) is 1. The van der Waals surface area contributed by atoms with Gasteiger partial charge >= 0.3 is 6.36 Å². The van der Waals surface area contributed by atoms with E-state index in [0.717, 1.165) is 11.1 Å². The molecule has 1 heterocycles. The van der Waals surface area contributed by atoms with Crippen LogP contribution in [0.4, 0.5) is 18.9 Å². The van der Waals surface area contributed by atoms with Gasteiger partial charge in [-0.25, -0.2) is 0 Å². The van der Waals surface area contributed by atoms with Crippen LogP contribution in [-0.4, -0.2) is 17.3 Å². The summed E-state index contributed by atoms with van der Waals surface area (Å²) < 4.78 is 40.6. The molecule has 27 heavy (non-hydrogen) atoms. The maximum atomic E-state index is 12.3. The van der Waals surface area contributed by atoms with Crippen LogP contribution in [0.2, 0.25) is 0 Å². The highest BCUT2D eigenvalue weighted by Gasteiger charge is 2.30. The van der Waals surface area contributed by atoms with E-state index in [-0.39, 0.29) is 11.7 Å². The Morgan fingerprint density at radius 1 is 0.963 bits per heavy atom. The van der Waals surface area contributed by atoms with Gasteiger partial charge in [0.15, 0.2) is 0 Å². The summed E-state index contributed by atoms with van der Waals surface area (Å²) in [6.45, 7) is 0. The van der Waals surface area contributed by atoms with Crippen LogP contribution < -0.4 is 10.1 Å². The number of nitrogens with one attached hydrogen (secondary N) is 1. The molecule has 1 N–H and O–H groups in total. The Labute approximate surface area is 153 Å². The first-order valence-corrected chi connectivity index (χ1v) is 8.05. The molecule has 0 aliphatic heterocycles. The molecule has 0 spiro atoms. The molecule has 0 saturated carbocycles. The summed E-state index contributed by atoms with van der Waals surface area (Å²) in [6, 6.07) is 16.1. The van der Waals surface area contributed by atoms with Gasteiger partial charge < -0.3 is 10.1 Å². The highest BCUT2D eigenvalue weighted by Crippen LogP contribution is 2.25. The Kier molecular flexibility index (Phi) is 5.40. The van der Waals surface area contributed by atoms with Crippen LogP contribution >= 0.6 is 0 Å². The molecule has 7 heteroatoms. The Morgan fingerprint density at radius 3 is 2.30 bits per heavy atom. The number of anilines is 1. The van der Waals surface area contributed by atoms with Crippen molar-refractivity contribution in [2.75, 3.05) is 5.32 Å². The quantitative estimate of drug-likeness (QED) is 0.698. The lowest BCUT2D eigenvalue weighted by molar-refractivity contribution is -0.274. The molecular weight excluding hydrogens is 357 g/mol. The van der Waals surface area contributed by atoms with Crippen molar-refractivity contribution in [2.24, 2.45) is 0 Å². The van der Waals surface area contributed by atoms with Crippen molar-refractivity contribution in [3.63, 3.8) is 0 Å². The van der Waals surface area contributed by atoms with E-state index in [1.165, 1.54) is 24.5 Å². The number of hydrogen-bond acceptors (Lipinski definition) is 3. The molecule has 4 nitrogen and oxygen atoms in total. The van der Waals surface area contributed by atoms with Crippen LogP contribution in [-0.2, 0) is 6.42 Å². The predicted octanol–water partition coefficient (Wildman–Crippen LogP) is 4.82. The van der Waals surface area contributed by atoms with Crippen LogP contribution in [0, 0.1) is 0 Å². The summed E-state index contributed by atoms with van der Waals surface area (Å²) in [5, 5.41) is 2.85. The molecule has 0 unspecified atom stereocenters. The predicted molar refractivity (Wildman–Crippen MR) is 94.6 cm³/mol. The largest absolute Gasteiger partial charge is 0.573 e. The lowest BCUT2D eigenvalue weighted by Gasteiger charge is -2.12. The van der Waals surface area contributed by atoms with Crippen LogP contribution in [0.25, 0.3) is 0 Å². The van der Waals surface area contributed by atoms with Crippen LogP contribution in [0.15, 0.2) is 73.1 Å². The van der Waals surface area contributed by atoms with Gasteiger partial charge in [0.25, 0.3) is 5.91 Å². The molecule has 0 bridgehead atoms.